The van der Waals surface area contributed by atoms with Gasteiger partial charge in [-0.2, -0.15) is 0 Å². The van der Waals surface area contributed by atoms with Crippen molar-refractivity contribution in [2.75, 3.05) is 0 Å². The monoisotopic (exact) mass is 238 g/mol. The molecule has 1 N–H and O–H groups in total. The molecule has 0 saturated heterocycles. The van der Waals surface area contributed by atoms with Gasteiger partial charge in [0.15, 0.2) is 5.69 Å². The molecule has 6 heteroatoms. The highest BCUT2D eigenvalue weighted by molar-refractivity contribution is 7.15. The smallest absolute Gasteiger partial charge is 0.355 e. The average Bonchev–Trinajstić information content (AvgIpc) is 2.70. The second kappa shape index (κ2) is 3.71. The van der Waals surface area contributed by atoms with Gasteiger partial charge in [-0.1, -0.05) is 5.16 Å². The van der Waals surface area contributed by atoms with Crippen LogP contribution in [0.25, 0.3) is 10.6 Å². The number of aryl methyl sites for hydroxylation is 3. The first-order valence-electron chi connectivity index (χ1n) is 4.64. The summed E-state index contributed by atoms with van der Waals surface area (Å²) in [7, 11) is 0. The lowest BCUT2D eigenvalue weighted by atomic mass is 10.2. The van der Waals surface area contributed by atoms with Gasteiger partial charge in [0, 0.05) is 4.88 Å². The minimum Gasteiger partial charge on any atom is -0.476 e. The zero-order valence-electron chi connectivity index (χ0n) is 9.07. The van der Waals surface area contributed by atoms with Crippen LogP contribution in [-0.4, -0.2) is 21.2 Å². The zero-order valence-corrected chi connectivity index (χ0v) is 9.88. The molecule has 0 radical (unpaired) electrons. The van der Waals surface area contributed by atoms with E-state index in [9.17, 15) is 4.79 Å². The predicted molar refractivity (Wildman–Crippen MR) is 58.8 cm³/mol. The van der Waals surface area contributed by atoms with Crippen LogP contribution < -0.4 is 0 Å². The summed E-state index contributed by atoms with van der Waals surface area (Å²) in [6, 6.07) is 0. The van der Waals surface area contributed by atoms with Crippen LogP contribution in [0.1, 0.15) is 26.8 Å². The predicted octanol–water partition coefficient (Wildman–Crippen LogP) is 2.42. The van der Waals surface area contributed by atoms with E-state index in [-0.39, 0.29) is 5.69 Å². The molecule has 5 nitrogen and oxygen atoms in total. The topological polar surface area (TPSA) is 76.2 Å². The number of carboxylic acids is 1. The normalized spacial score (nSPS) is 10.7. The van der Waals surface area contributed by atoms with Crippen molar-refractivity contribution < 1.29 is 14.4 Å². The Morgan fingerprint density at radius 2 is 2.06 bits per heavy atom. The van der Waals surface area contributed by atoms with E-state index in [0.29, 0.717) is 15.6 Å². The summed E-state index contributed by atoms with van der Waals surface area (Å²) in [5.74, 6) is -0.352. The van der Waals surface area contributed by atoms with E-state index in [0.717, 1.165) is 11.3 Å². The second-order valence-electron chi connectivity index (χ2n) is 3.43. The van der Waals surface area contributed by atoms with Gasteiger partial charge in [-0.3, -0.25) is 0 Å². The molecule has 0 atom stereocenters. The van der Waals surface area contributed by atoms with Crippen LogP contribution in [0.5, 0.6) is 0 Å². The Morgan fingerprint density at radius 1 is 1.38 bits per heavy atom. The van der Waals surface area contributed by atoms with Crippen molar-refractivity contribution in [3.8, 4) is 10.6 Å². The van der Waals surface area contributed by atoms with Crippen LogP contribution in [-0.2, 0) is 0 Å². The SMILES string of the molecule is Cc1noc(C)c1-c1nc(C(=O)O)c(C)s1. The van der Waals surface area contributed by atoms with Gasteiger partial charge < -0.3 is 9.63 Å². The van der Waals surface area contributed by atoms with Crippen LogP contribution in [0.3, 0.4) is 0 Å². The fourth-order valence-corrected chi connectivity index (χ4v) is 2.54. The fraction of sp³-hybridized carbons (Fsp3) is 0.300. The average molecular weight is 238 g/mol. The first-order chi connectivity index (χ1) is 7.50. The molecule has 0 aliphatic heterocycles. The summed E-state index contributed by atoms with van der Waals surface area (Å²) in [6.07, 6.45) is 0. The lowest BCUT2D eigenvalue weighted by Gasteiger charge is -1.91. The van der Waals surface area contributed by atoms with E-state index < -0.39 is 5.97 Å². The maximum absolute atomic E-state index is 10.9. The van der Waals surface area contributed by atoms with E-state index in [1.807, 2.05) is 6.92 Å². The van der Waals surface area contributed by atoms with Crippen molar-refractivity contribution in [3.05, 3.63) is 22.0 Å². The molecule has 0 amide bonds. The molecule has 16 heavy (non-hydrogen) atoms. The van der Waals surface area contributed by atoms with Gasteiger partial charge in [-0.25, -0.2) is 9.78 Å². The third-order valence-corrected chi connectivity index (χ3v) is 3.23. The van der Waals surface area contributed by atoms with Gasteiger partial charge in [0.05, 0.1) is 11.3 Å². The molecular formula is C10H10N2O3S. The zero-order chi connectivity index (χ0) is 11.9. The summed E-state index contributed by atoms with van der Waals surface area (Å²) >= 11 is 1.34. The number of carbonyl (C=O) groups is 1. The van der Waals surface area contributed by atoms with Crippen LogP contribution in [0, 0.1) is 20.8 Å². The summed E-state index contributed by atoms with van der Waals surface area (Å²) in [4.78, 5) is 15.7. The Balaban J connectivity index is 2.58. The Bertz CT molecular complexity index is 537. The quantitative estimate of drug-likeness (QED) is 0.869. The molecule has 0 aliphatic carbocycles. The molecule has 0 saturated carbocycles. The molecule has 0 aliphatic rings. The molecule has 2 rings (SSSR count). The third-order valence-electron chi connectivity index (χ3n) is 2.25. The van der Waals surface area contributed by atoms with Gasteiger partial charge in [0.25, 0.3) is 0 Å². The number of carboxylic acid groups (broad SMARTS) is 1. The van der Waals surface area contributed by atoms with E-state index in [1.54, 1.807) is 13.8 Å². The van der Waals surface area contributed by atoms with Crippen LogP contribution in [0.4, 0.5) is 0 Å². The molecule has 2 aromatic heterocycles. The van der Waals surface area contributed by atoms with Crippen molar-refractivity contribution in [3.63, 3.8) is 0 Å². The van der Waals surface area contributed by atoms with Crippen LogP contribution in [0.2, 0.25) is 0 Å². The fourth-order valence-electron chi connectivity index (χ4n) is 1.49. The number of aromatic nitrogens is 2. The van der Waals surface area contributed by atoms with Gasteiger partial charge in [0.1, 0.15) is 10.8 Å². The van der Waals surface area contributed by atoms with E-state index in [2.05, 4.69) is 10.1 Å². The number of nitrogens with zero attached hydrogens (tertiary/aromatic N) is 2. The van der Waals surface area contributed by atoms with E-state index in [4.69, 9.17) is 9.63 Å². The van der Waals surface area contributed by atoms with Gasteiger partial charge >= 0.3 is 5.97 Å². The Hall–Kier alpha value is -1.69. The standard InChI is InChI=1S/C10H10N2O3S/c1-4-7(5(2)15-12-4)9-11-8(10(13)14)6(3)16-9/h1-3H3,(H,13,14). The van der Waals surface area contributed by atoms with Gasteiger partial charge in [-0.15, -0.1) is 11.3 Å². The van der Waals surface area contributed by atoms with Crippen molar-refractivity contribution in [2.24, 2.45) is 0 Å². The number of aromatic carboxylic acids is 1. The number of thiazole rings is 1. The molecule has 0 bridgehead atoms. The summed E-state index contributed by atoms with van der Waals surface area (Å²) in [6.45, 7) is 5.33. The van der Waals surface area contributed by atoms with Crippen molar-refractivity contribution >= 4 is 17.3 Å². The third kappa shape index (κ3) is 1.61. The van der Waals surface area contributed by atoms with Crippen molar-refractivity contribution in [2.45, 2.75) is 20.8 Å². The molecule has 0 fully saturated rings. The first-order valence-corrected chi connectivity index (χ1v) is 5.46. The number of hydrogen-bond acceptors (Lipinski definition) is 5. The molecule has 0 unspecified atom stereocenters. The Kier molecular flexibility index (Phi) is 2.51. The van der Waals surface area contributed by atoms with Gasteiger partial charge in [0.2, 0.25) is 0 Å². The number of hydrogen-bond donors (Lipinski definition) is 1. The highest BCUT2D eigenvalue weighted by Gasteiger charge is 2.19. The van der Waals surface area contributed by atoms with Gasteiger partial charge in [-0.05, 0) is 20.8 Å². The lowest BCUT2D eigenvalue weighted by Crippen LogP contribution is -1.98. The van der Waals surface area contributed by atoms with Crippen molar-refractivity contribution in [1.82, 2.24) is 10.1 Å². The maximum atomic E-state index is 10.9. The number of rotatable bonds is 2. The molecule has 0 aromatic carbocycles. The molecule has 84 valence electrons. The molecule has 2 heterocycles. The Labute approximate surface area is 95.7 Å². The minimum absolute atomic E-state index is 0.0972. The largest absolute Gasteiger partial charge is 0.476 e. The van der Waals surface area contributed by atoms with Crippen LogP contribution in [0.15, 0.2) is 4.52 Å². The highest BCUT2D eigenvalue weighted by atomic mass is 32.1. The second-order valence-corrected chi connectivity index (χ2v) is 4.63. The van der Waals surface area contributed by atoms with E-state index in [1.165, 1.54) is 11.3 Å². The summed E-state index contributed by atoms with van der Waals surface area (Å²) in [5, 5.41) is 13.4. The first kappa shape index (κ1) is 10.8. The lowest BCUT2D eigenvalue weighted by molar-refractivity contribution is 0.0690. The molecule has 2 aromatic rings. The minimum atomic E-state index is -1.01. The Morgan fingerprint density at radius 3 is 2.50 bits per heavy atom. The van der Waals surface area contributed by atoms with E-state index >= 15 is 0 Å². The molecule has 0 spiro atoms. The maximum Gasteiger partial charge on any atom is 0.355 e. The van der Waals surface area contributed by atoms with Crippen molar-refractivity contribution in [1.29, 1.82) is 0 Å². The summed E-state index contributed by atoms with van der Waals surface area (Å²) < 4.78 is 5.03. The summed E-state index contributed by atoms with van der Waals surface area (Å²) in [5.41, 5.74) is 1.61. The highest BCUT2D eigenvalue weighted by Crippen LogP contribution is 2.32. The molecular weight excluding hydrogens is 228 g/mol. The van der Waals surface area contributed by atoms with Crippen LogP contribution >= 0.6 is 11.3 Å².